The fourth-order valence-corrected chi connectivity index (χ4v) is 2.03. The third kappa shape index (κ3) is 3.57. The second kappa shape index (κ2) is 6.00. The van der Waals surface area contributed by atoms with Gasteiger partial charge in [0.15, 0.2) is 0 Å². The molecule has 0 spiro atoms. The van der Waals surface area contributed by atoms with Gasteiger partial charge in [0, 0.05) is 19.2 Å². The van der Waals surface area contributed by atoms with E-state index in [1.807, 2.05) is 0 Å². The smallest absolute Gasteiger partial charge is 0.289 e. The first-order valence-electron chi connectivity index (χ1n) is 6.50. The quantitative estimate of drug-likeness (QED) is 0.867. The second-order valence-corrected chi connectivity index (χ2v) is 5.13. The first-order valence-corrected chi connectivity index (χ1v) is 6.50. The van der Waals surface area contributed by atoms with Gasteiger partial charge in [-0.25, -0.2) is 0 Å². The molecule has 0 aromatic carbocycles. The SMILES string of the molecule is CC(C)Cc1cc(C(=O)NCC2CCCO2)on1. The van der Waals surface area contributed by atoms with Gasteiger partial charge in [0.2, 0.25) is 5.76 Å². The Balaban J connectivity index is 1.82. The molecular formula is C13H20N2O3. The number of aromatic nitrogens is 1. The molecule has 1 fully saturated rings. The maximum absolute atomic E-state index is 11.8. The van der Waals surface area contributed by atoms with Gasteiger partial charge in [0.1, 0.15) is 0 Å². The van der Waals surface area contributed by atoms with Gasteiger partial charge in [0.05, 0.1) is 11.8 Å². The maximum Gasteiger partial charge on any atom is 0.289 e. The summed E-state index contributed by atoms with van der Waals surface area (Å²) in [7, 11) is 0. The highest BCUT2D eigenvalue weighted by Gasteiger charge is 2.18. The van der Waals surface area contributed by atoms with E-state index >= 15 is 0 Å². The van der Waals surface area contributed by atoms with Gasteiger partial charge in [-0.05, 0) is 25.2 Å². The summed E-state index contributed by atoms with van der Waals surface area (Å²) in [5, 5.41) is 6.70. The zero-order valence-corrected chi connectivity index (χ0v) is 10.9. The second-order valence-electron chi connectivity index (χ2n) is 5.13. The average molecular weight is 252 g/mol. The molecule has 100 valence electrons. The number of carbonyl (C=O) groups is 1. The summed E-state index contributed by atoms with van der Waals surface area (Å²) >= 11 is 0. The fraction of sp³-hybridized carbons (Fsp3) is 0.692. The Hall–Kier alpha value is -1.36. The van der Waals surface area contributed by atoms with E-state index in [2.05, 4.69) is 24.3 Å². The summed E-state index contributed by atoms with van der Waals surface area (Å²) in [6.07, 6.45) is 3.05. The van der Waals surface area contributed by atoms with Crippen LogP contribution in [-0.2, 0) is 11.2 Å². The molecule has 1 atom stereocenters. The monoisotopic (exact) mass is 252 g/mol. The van der Waals surface area contributed by atoms with Crippen molar-refractivity contribution in [2.75, 3.05) is 13.2 Å². The van der Waals surface area contributed by atoms with Gasteiger partial charge in [-0.2, -0.15) is 0 Å². The van der Waals surface area contributed by atoms with Crippen LogP contribution in [0.4, 0.5) is 0 Å². The molecule has 1 aromatic rings. The topological polar surface area (TPSA) is 64.4 Å². The average Bonchev–Trinajstić information content (AvgIpc) is 2.95. The number of nitrogens with one attached hydrogen (secondary N) is 1. The molecule has 2 heterocycles. The molecule has 0 radical (unpaired) electrons. The number of carbonyl (C=O) groups excluding carboxylic acids is 1. The Morgan fingerprint density at radius 3 is 3.11 bits per heavy atom. The predicted octanol–water partition coefficient (Wildman–Crippen LogP) is 1.78. The summed E-state index contributed by atoms with van der Waals surface area (Å²) in [5.41, 5.74) is 0.826. The molecule has 5 nitrogen and oxygen atoms in total. The minimum absolute atomic E-state index is 0.145. The molecule has 0 saturated carbocycles. The van der Waals surface area contributed by atoms with Crippen molar-refractivity contribution in [3.8, 4) is 0 Å². The zero-order chi connectivity index (χ0) is 13.0. The Morgan fingerprint density at radius 1 is 1.61 bits per heavy atom. The van der Waals surface area contributed by atoms with Crippen molar-refractivity contribution in [3.05, 3.63) is 17.5 Å². The summed E-state index contributed by atoms with van der Waals surface area (Å²) in [5.74, 6) is 0.564. The van der Waals surface area contributed by atoms with Crippen LogP contribution in [0.2, 0.25) is 0 Å². The number of rotatable bonds is 5. The zero-order valence-electron chi connectivity index (χ0n) is 10.9. The van der Waals surface area contributed by atoms with E-state index in [0.29, 0.717) is 12.5 Å². The van der Waals surface area contributed by atoms with Crippen molar-refractivity contribution in [3.63, 3.8) is 0 Å². The summed E-state index contributed by atoms with van der Waals surface area (Å²) in [4.78, 5) is 11.8. The summed E-state index contributed by atoms with van der Waals surface area (Å²) in [6, 6.07) is 1.71. The van der Waals surface area contributed by atoms with Crippen molar-refractivity contribution in [2.45, 2.75) is 39.2 Å². The molecule has 5 heteroatoms. The highest BCUT2D eigenvalue weighted by Crippen LogP contribution is 2.12. The van der Waals surface area contributed by atoms with E-state index in [0.717, 1.165) is 31.6 Å². The van der Waals surface area contributed by atoms with Crippen molar-refractivity contribution >= 4 is 5.91 Å². The molecule has 0 aliphatic carbocycles. The third-order valence-electron chi connectivity index (χ3n) is 2.91. The predicted molar refractivity (Wildman–Crippen MR) is 66.4 cm³/mol. The third-order valence-corrected chi connectivity index (χ3v) is 2.91. The van der Waals surface area contributed by atoms with Gasteiger partial charge in [0.25, 0.3) is 5.91 Å². The highest BCUT2D eigenvalue weighted by molar-refractivity contribution is 5.91. The molecule has 1 aliphatic rings. The van der Waals surface area contributed by atoms with Gasteiger partial charge in [-0.15, -0.1) is 0 Å². The van der Waals surface area contributed by atoms with Gasteiger partial charge >= 0.3 is 0 Å². The minimum Gasteiger partial charge on any atom is -0.376 e. The normalized spacial score (nSPS) is 19.4. The van der Waals surface area contributed by atoms with E-state index < -0.39 is 0 Å². The Morgan fingerprint density at radius 2 is 2.44 bits per heavy atom. The molecule has 1 unspecified atom stereocenters. The Labute approximate surface area is 107 Å². The largest absolute Gasteiger partial charge is 0.376 e. The van der Waals surface area contributed by atoms with Crippen LogP contribution < -0.4 is 5.32 Å². The van der Waals surface area contributed by atoms with Crippen molar-refractivity contribution in [2.24, 2.45) is 5.92 Å². The van der Waals surface area contributed by atoms with Crippen LogP contribution in [0.15, 0.2) is 10.6 Å². The van der Waals surface area contributed by atoms with Crippen molar-refractivity contribution in [1.82, 2.24) is 10.5 Å². The number of nitrogens with zero attached hydrogens (tertiary/aromatic N) is 1. The van der Waals surface area contributed by atoms with E-state index in [9.17, 15) is 4.79 Å². The number of hydrogen-bond donors (Lipinski definition) is 1. The van der Waals surface area contributed by atoms with E-state index in [1.54, 1.807) is 6.07 Å². The molecule has 1 saturated heterocycles. The maximum atomic E-state index is 11.8. The number of ether oxygens (including phenoxy) is 1. The molecule has 1 aliphatic heterocycles. The van der Waals surface area contributed by atoms with Crippen LogP contribution in [0.25, 0.3) is 0 Å². The van der Waals surface area contributed by atoms with Crippen LogP contribution >= 0.6 is 0 Å². The molecule has 1 amide bonds. The van der Waals surface area contributed by atoms with Gasteiger partial charge in [-0.3, -0.25) is 4.79 Å². The minimum atomic E-state index is -0.215. The van der Waals surface area contributed by atoms with E-state index in [4.69, 9.17) is 9.26 Å². The van der Waals surface area contributed by atoms with Crippen molar-refractivity contribution < 1.29 is 14.1 Å². The lowest BCUT2D eigenvalue weighted by molar-refractivity contribution is 0.0827. The highest BCUT2D eigenvalue weighted by atomic mass is 16.5. The molecule has 0 bridgehead atoms. The van der Waals surface area contributed by atoms with Crippen molar-refractivity contribution in [1.29, 1.82) is 0 Å². The van der Waals surface area contributed by atoms with E-state index in [-0.39, 0.29) is 17.8 Å². The lowest BCUT2D eigenvalue weighted by Crippen LogP contribution is -2.31. The standard InChI is InChI=1S/C13H20N2O3/c1-9(2)6-10-7-12(18-15-10)13(16)14-8-11-4-3-5-17-11/h7,9,11H,3-6,8H2,1-2H3,(H,14,16). The van der Waals surface area contributed by atoms with Crippen LogP contribution in [-0.4, -0.2) is 30.3 Å². The number of hydrogen-bond acceptors (Lipinski definition) is 4. The van der Waals surface area contributed by atoms with Crippen LogP contribution in [0.5, 0.6) is 0 Å². The molecule has 1 aromatic heterocycles. The molecule has 18 heavy (non-hydrogen) atoms. The van der Waals surface area contributed by atoms with Crippen LogP contribution in [0, 0.1) is 5.92 Å². The van der Waals surface area contributed by atoms with Crippen LogP contribution in [0.3, 0.4) is 0 Å². The molecule has 1 N–H and O–H groups in total. The fourth-order valence-electron chi connectivity index (χ4n) is 2.03. The first kappa shape index (κ1) is 13.1. The van der Waals surface area contributed by atoms with E-state index in [1.165, 1.54) is 0 Å². The summed E-state index contributed by atoms with van der Waals surface area (Å²) < 4.78 is 10.5. The lowest BCUT2D eigenvalue weighted by Gasteiger charge is -2.08. The summed E-state index contributed by atoms with van der Waals surface area (Å²) in [6.45, 7) is 5.54. The van der Waals surface area contributed by atoms with Crippen LogP contribution in [0.1, 0.15) is 42.9 Å². The lowest BCUT2D eigenvalue weighted by atomic mass is 10.1. The molecule has 2 rings (SSSR count). The number of amides is 1. The van der Waals surface area contributed by atoms with Gasteiger partial charge < -0.3 is 14.6 Å². The Kier molecular flexibility index (Phi) is 4.36. The van der Waals surface area contributed by atoms with Gasteiger partial charge in [-0.1, -0.05) is 19.0 Å². The molecular weight excluding hydrogens is 232 g/mol. The first-order chi connectivity index (χ1) is 8.65. The Bertz CT molecular complexity index is 395.